The molecular weight excluding hydrogens is 457 g/mol. The monoisotopic (exact) mass is 485 g/mol. The summed E-state index contributed by atoms with van der Waals surface area (Å²) in [7, 11) is 0. The van der Waals surface area contributed by atoms with Crippen molar-refractivity contribution in [2.75, 3.05) is 19.7 Å². The van der Waals surface area contributed by atoms with E-state index in [-0.39, 0.29) is 24.0 Å². The third kappa shape index (κ3) is 8.42. The number of hydrogen-bond donors (Lipinski definition) is 2. The molecule has 148 valence electrons. The number of ether oxygens (including phenoxy) is 1. The summed E-state index contributed by atoms with van der Waals surface area (Å²) >= 11 is 0. The number of benzene rings is 1. The molecule has 2 aromatic rings. The van der Waals surface area contributed by atoms with Gasteiger partial charge in [0.1, 0.15) is 12.4 Å². The lowest BCUT2D eigenvalue weighted by Crippen LogP contribution is -2.37. The molecule has 0 radical (unpaired) electrons. The fourth-order valence-electron chi connectivity index (χ4n) is 2.32. The molecule has 0 bridgehead atoms. The molecule has 0 saturated heterocycles. The number of nitrogens with zero attached hydrogens (tertiary/aromatic N) is 3. The first-order chi connectivity index (χ1) is 12.7. The van der Waals surface area contributed by atoms with Crippen molar-refractivity contribution in [2.24, 2.45) is 4.99 Å². The van der Waals surface area contributed by atoms with Gasteiger partial charge in [-0.15, -0.1) is 24.0 Å². The van der Waals surface area contributed by atoms with Gasteiger partial charge in [-0.2, -0.15) is 4.98 Å². The Bertz CT molecular complexity index is 718. The van der Waals surface area contributed by atoms with Gasteiger partial charge in [-0.1, -0.05) is 36.0 Å². The number of nitrogens with one attached hydrogen (secondary N) is 2. The molecule has 0 fully saturated rings. The highest BCUT2D eigenvalue weighted by atomic mass is 127. The molecule has 2 N–H and O–H groups in total. The summed E-state index contributed by atoms with van der Waals surface area (Å²) in [5.74, 6) is 2.94. The van der Waals surface area contributed by atoms with Crippen LogP contribution in [0.3, 0.4) is 0 Å². The highest BCUT2D eigenvalue weighted by Gasteiger charge is 2.05. The van der Waals surface area contributed by atoms with Gasteiger partial charge in [0.25, 0.3) is 0 Å². The van der Waals surface area contributed by atoms with Gasteiger partial charge in [0.15, 0.2) is 11.8 Å². The Morgan fingerprint density at radius 1 is 1.33 bits per heavy atom. The molecule has 1 aromatic carbocycles. The van der Waals surface area contributed by atoms with Crippen LogP contribution in [0.1, 0.15) is 30.6 Å². The van der Waals surface area contributed by atoms with E-state index in [0.29, 0.717) is 24.9 Å². The van der Waals surface area contributed by atoms with Crippen LogP contribution in [0.25, 0.3) is 0 Å². The summed E-state index contributed by atoms with van der Waals surface area (Å²) in [4.78, 5) is 8.84. The van der Waals surface area contributed by atoms with Crippen molar-refractivity contribution in [1.82, 2.24) is 20.8 Å². The Hall–Kier alpha value is -2.10. The summed E-state index contributed by atoms with van der Waals surface area (Å²) in [6, 6.07) is 7.90. The van der Waals surface area contributed by atoms with Crippen LogP contribution in [0.4, 0.5) is 0 Å². The van der Waals surface area contributed by atoms with E-state index in [0.717, 1.165) is 43.2 Å². The second-order valence-corrected chi connectivity index (χ2v) is 5.67. The lowest BCUT2D eigenvalue weighted by Gasteiger charge is -2.12. The van der Waals surface area contributed by atoms with Crippen molar-refractivity contribution in [3.63, 3.8) is 0 Å². The number of aromatic nitrogens is 2. The minimum Gasteiger partial charge on any atom is -0.489 e. The van der Waals surface area contributed by atoms with E-state index in [9.17, 15) is 0 Å². The minimum absolute atomic E-state index is 0. The van der Waals surface area contributed by atoms with Gasteiger partial charge in [0.05, 0.1) is 6.54 Å². The van der Waals surface area contributed by atoms with Crippen LogP contribution in [0.5, 0.6) is 5.75 Å². The molecule has 0 spiro atoms. The summed E-state index contributed by atoms with van der Waals surface area (Å²) in [5.41, 5.74) is 1.04. The number of guanidine groups is 1. The van der Waals surface area contributed by atoms with Crippen molar-refractivity contribution in [3.8, 4) is 5.75 Å². The summed E-state index contributed by atoms with van der Waals surface area (Å²) in [6.07, 6.45) is 3.35. The summed E-state index contributed by atoms with van der Waals surface area (Å²) in [5, 5.41) is 10.4. The lowest BCUT2D eigenvalue weighted by atomic mass is 10.2. The van der Waals surface area contributed by atoms with E-state index >= 15 is 0 Å². The van der Waals surface area contributed by atoms with Crippen molar-refractivity contribution < 1.29 is 9.26 Å². The predicted octanol–water partition coefficient (Wildman–Crippen LogP) is 3.25. The van der Waals surface area contributed by atoms with Crippen molar-refractivity contribution >= 4 is 29.9 Å². The number of hydrogen-bond acceptors (Lipinski definition) is 5. The maximum absolute atomic E-state index is 5.68. The molecule has 2 rings (SSSR count). The molecule has 0 aliphatic heterocycles. The van der Waals surface area contributed by atoms with Gasteiger partial charge < -0.3 is 19.9 Å². The van der Waals surface area contributed by atoms with Crippen LogP contribution >= 0.6 is 24.0 Å². The average molecular weight is 485 g/mol. The molecular formula is C19H28IN5O2. The fraction of sp³-hybridized carbons (Fsp3) is 0.421. The molecule has 0 aliphatic rings. The van der Waals surface area contributed by atoms with Crippen LogP contribution in [-0.2, 0) is 13.0 Å². The van der Waals surface area contributed by atoms with E-state index in [1.54, 1.807) is 6.08 Å². The number of aryl methyl sites for hydroxylation is 2. The smallest absolute Gasteiger partial charge is 0.226 e. The molecule has 1 aromatic heterocycles. The van der Waals surface area contributed by atoms with Gasteiger partial charge in [-0.25, -0.2) is 4.99 Å². The lowest BCUT2D eigenvalue weighted by molar-refractivity contribution is 0.359. The van der Waals surface area contributed by atoms with E-state index < -0.39 is 0 Å². The standard InChI is InChI=1S/C19H27N5O2.HI/c1-4-13-25-17-10-7-6-9-16(17)14-22-19(20-5-2)21-12-8-11-18-23-15(3)24-26-18;/h4,6-7,9-10H,1,5,8,11-14H2,2-3H3,(H2,20,21,22);1H. The third-order valence-corrected chi connectivity index (χ3v) is 3.51. The fourth-order valence-corrected chi connectivity index (χ4v) is 2.32. The molecule has 27 heavy (non-hydrogen) atoms. The second-order valence-electron chi connectivity index (χ2n) is 5.67. The Labute approximate surface area is 177 Å². The first kappa shape index (κ1) is 22.9. The Kier molecular flexibility index (Phi) is 11.2. The third-order valence-electron chi connectivity index (χ3n) is 3.51. The normalized spacial score (nSPS) is 10.8. The molecule has 0 aliphatic carbocycles. The average Bonchev–Trinajstić information content (AvgIpc) is 3.07. The van der Waals surface area contributed by atoms with E-state index in [1.807, 2.05) is 38.1 Å². The van der Waals surface area contributed by atoms with Gasteiger partial charge >= 0.3 is 0 Å². The Morgan fingerprint density at radius 3 is 2.85 bits per heavy atom. The van der Waals surface area contributed by atoms with Gasteiger partial charge in [0, 0.05) is 25.1 Å². The van der Waals surface area contributed by atoms with Gasteiger partial charge in [-0.3, -0.25) is 0 Å². The molecule has 1 heterocycles. The Morgan fingerprint density at radius 2 is 2.15 bits per heavy atom. The highest BCUT2D eigenvalue weighted by molar-refractivity contribution is 14.0. The zero-order valence-electron chi connectivity index (χ0n) is 15.9. The largest absolute Gasteiger partial charge is 0.489 e. The zero-order valence-corrected chi connectivity index (χ0v) is 18.2. The van der Waals surface area contributed by atoms with Crippen LogP contribution in [0.2, 0.25) is 0 Å². The van der Waals surface area contributed by atoms with Crippen molar-refractivity contribution in [1.29, 1.82) is 0 Å². The van der Waals surface area contributed by atoms with Crippen LogP contribution in [0, 0.1) is 6.92 Å². The number of aliphatic imine (C=N–C) groups is 1. The topological polar surface area (TPSA) is 84.6 Å². The predicted molar refractivity (Wildman–Crippen MR) is 118 cm³/mol. The number of halogens is 1. The zero-order chi connectivity index (χ0) is 18.6. The van der Waals surface area contributed by atoms with E-state index in [2.05, 4.69) is 32.3 Å². The Balaban J connectivity index is 0.00000364. The number of rotatable bonds is 10. The number of para-hydroxylation sites is 1. The molecule has 7 nitrogen and oxygen atoms in total. The maximum Gasteiger partial charge on any atom is 0.226 e. The molecule has 8 heteroatoms. The quantitative estimate of drug-likeness (QED) is 0.177. The molecule has 0 atom stereocenters. The molecule has 0 unspecified atom stereocenters. The van der Waals surface area contributed by atoms with Crippen molar-refractivity contribution in [3.05, 3.63) is 54.2 Å². The maximum atomic E-state index is 5.68. The first-order valence-corrected chi connectivity index (χ1v) is 8.86. The van der Waals surface area contributed by atoms with Gasteiger partial charge in [0.2, 0.25) is 5.89 Å². The summed E-state index contributed by atoms with van der Waals surface area (Å²) in [6.45, 7) is 10.1. The van der Waals surface area contributed by atoms with Crippen LogP contribution in [-0.4, -0.2) is 35.8 Å². The van der Waals surface area contributed by atoms with E-state index in [1.165, 1.54) is 0 Å². The molecule has 0 saturated carbocycles. The summed E-state index contributed by atoms with van der Waals surface area (Å²) < 4.78 is 10.8. The van der Waals surface area contributed by atoms with E-state index in [4.69, 9.17) is 9.26 Å². The minimum atomic E-state index is 0. The van der Waals surface area contributed by atoms with Crippen LogP contribution in [0.15, 0.2) is 46.4 Å². The SMILES string of the molecule is C=CCOc1ccccc1CN=C(NCC)NCCCc1nc(C)no1.I. The second kappa shape index (κ2) is 13.1. The van der Waals surface area contributed by atoms with Crippen molar-refractivity contribution in [2.45, 2.75) is 33.2 Å². The van der Waals surface area contributed by atoms with Crippen LogP contribution < -0.4 is 15.4 Å². The van der Waals surface area contributed by atoms with Gasteiger partial charge in [-0.05, 0) is 26.3 Å². The highest BCUT2D eigenvalue weighted by Crippen LogP contribution is 2.18. The molecule has 0 amide bonds. The first-order valence-electron chi connectivity index (χ1n) is 8.86.